The van der Waals surface area contributed by atoms with Crippen molar-refractivity contribution in [1.82, 2.24) is 25.0 Å². The number of carbonyl (C=O) groups is 3. The van der Waals surface area contributed by atoms with Crippen LogP contribution in [0.1, 0.15) is 70.4 Å². The van der Waals surface area contributed by atoms with E-state index in [2.05, 4.69) is 46.6 Å². The predicted molar refractivity (Wildman–Crippen MR) is 156 cm³/mol. The second-order valence-electron chi connectivity index (χ2n) is 14.0. The Hall–Kier alpha value is -2.95. The van der Waals surface area contributed by atoms with Gasteiger partial charge < -0.3 is 25.2 Å². The van der Waals surface area contributed by atoms with Gasteiger partial charge in [0.05, 0.1) is 5.92 Å². The van der Waals surface area contributed by atoms with Crippen molar-refractivity contribution in [2.24, 2.45) is 17.8 Å². The zero-order chi connectivity index (χ0) is 29.7. The number of benzene rings is 1. The molecule has 5 aliphatic rings. The molecule has 1 aromatic carbocycles. The van der Waals surface area contributed by atoms with Crippen LogP contribution in [0.25, 0.3) is 10.9 Å². The third-order valence-corrected chi connectivity index (χ3v) is 10.7. The van der Waals surface area contributed by atoms with Crippen LogP contribution in [0.2, 0.25) is 0 Å². The zero-order valence-corrected chi connectivity index (χ0v) is 25.2. The van der Waals surface area contributed by atoms with Crippen LogP contribution in [-0.2, 0) is 25.5 Å². The van der Waals surface area contributed by atoms with Crippen LogP contribution in [0, 0.1) is 17.8 Å². The molecule has 1 aromatic heterocycles. The number of piperidine rings is 1. The highest BCUT2D eigenvalue weighted by molar-refractivity contribution is 5.97. The van der Waals surface area contributed by atoms with Crippen LogP contribution in [0.4, 0.5) is 0 Å². The highest BCUT2D eigenvalue weighted by Crippen LogP contribution is 2.49. The van der Waals surface area contributed by atoms with Crippen LogP contribution in [0.5, 0.6) is 0 Å². The van der Waals surface area contributed by atoms with Gasteiger partial charge in [-0.3, -0.25) is 24.0 Å². The minimum Gasteiger partial charge on any atom is -0.361 e. The Morgan fingerprint density at radius 1 is 1.24 bits per heavy atom. The molecule has 4 fully saturated rings. The van der Waals surface area contributed by atoms with Crippen molar-refractivity contribution in [3.63, 3.8) is 0 Å². The number of nitrogens with one attached hydrogen (secondary N) is 2. The third-order valence-electron chi connectivity index (χ3n) is 10.7. The van der Waals surface area contributed by atoms with E-state index in [4.69, 9.17) is 4.74 Å². The quantitative estimate of drug-likeness (QED) is 0.503. The van der Waals surface area contributed by atoms with E-state index in [0.29, 0.717) is 32.4 Å². The smallest absolute Gasteiger partial charge is 0.281 e. The van der Waals surface area contributed by atoms with Gasteiger partial charge in [-0.05, 0) is 62.3 Å². The molecule has 226 valence electrons. The number of rotatable bonds is 5. The molecule has 0 saturated carbocycles. The van der Waals surface area contributed by atoms with E-state index in [0.717, 1.165) is 18.4 Å². The Bertz CT molecular complexity index is 1450. The topological polar surface area (TPSA) is 118 Å². The summed E-state index contributed by atoms with van der Waals surface area (Å²) in [4.78, 5) is 50.8. The molecule has 4 saturated heterocycles. The average Bonchev–Trinajstić information content (AvgIpc) is 3.65. The number of nitrogens with zero attached hydrogens (tertiary/aromatic N) is 3. The molecule has 0 bridgehead atoms. The number of carbonyl (C=O) groups excluding carboxylic acids is 3. The van der Waals surface area contributed by atoms with Crippen LogP contribution in [0.15, 0.2) is 24.4 Å². The van der Waals surface area contributed by atoms with Gasteiger partial charge in [0.15, 0.2) is 0 Å². The van der Waals surface area contributed by atoms with Gasteiger partial charge in [0.1, 0.15) is 12.1 Å². The molecule has 3 N–H and O–H groups in total. The van der Waals surface area contributed by atoms with Gasteiger partial charge in [-0.15, -0.1) is 0 Å². The molecular weight excluding hydrogens is 534 g/mol. The summed E-state index contributed by atoms with van der Waals surface area (Å²) in [7, 11) is 2.07. The molecule has 42 heavy (non-hydrogen) atoms. The van der Waals surface area contributed by atoms with Gasteiger partial charge in [0, 0.05) is 48.1 Å². The molecule has 1 aliphatic carbocycles. The first-order valence-electron chi connectivity index (χ1n) is 15.6. The summed E-state index contributed by atoms with van der Waals surface area (Å²) in [5.41, 5.74) is 1.93. The largest absolute Gasteiger partial charge is 0.361 e. The van der Waals surface area contributed by atoms with Crippen molar-refractivity contribution >= 4 is 28.6 Å². The maximum atomic E-state index is 14.4. The Balaban J connectivity index is 1.20. The number of aromatic nitrogens is 1. The minimum absolute atomic E-state index is 0.116. The van der Waals surface area contributed by atoms with E-state index < -0.39 is 35.5 Å². The number of likely N-dealkylation sites (N-methyl/N-ethyl adjacent to an activating group) is 1. The predicted octanol–water partition coefficient (Wildman–Crippen LogP) is 2.52. The fourth-order valence-electron chi connectivity index (χ4n) is 8.63. The number of amides is 3. The molecule has 5 heterocycles. The molecule has 4 aliphatic heterocycles. The fourth-order valence-corrected chi connectivity index (χ4v) is 8.63. The number of aliphatic hydroxyl groups is 1. The molecule has 10 heteroatoms. The van der Waals surface area contributed by atoms with Gasteiger partial charge in [0.2, 0.25) is 17.5 Å². The highest BCUT2D eigenvalue weighted by Gasteiger charge is 2.72. The number of H-pyrrole nitrogens is 1. The number of aromatic amines is 1. The first-order valence-corrected chi connectivity index (χ1v) is 15.6. The Morgan fingerprint density at radius 3 is 2.76 bits per heavy atom. The lowest BCUT2D eigenvalue weighted by molar-refractivity contribution is -0.322. The van der Waals surface area contributed by atoms with E-state index in [1.807, 2.05) is 27.7 Å². The number of hydrogen-bond acceptors (Lipinski definition) is 6. The molecule has 1 unspecified atom stereocenters. The standard InChI is InChI=1S/C32H43N5O5/c1-17(2)12-25-29(39)36-11-7-10-26(36)32(41)37(25)30(40)31(42-32,18(3)4)34-28(38)20-13-22-21-8-6-9-23-27(21)19(15-33-23)14-24(22)35(5)16-20/h6,8-9,15,17-18,20,22,24-26,33,41H,7,10-14,16H2,1-5H3,(H,34,38)/t20-,22?,24-,25+,26+,31-,32+/m1/s1. The third kappa shape index (κ3) is 3.77. The van der Waals surface area contributed by atoms with Crippen molar-refractivity contribution < 1.29 is 24.2 Å². The van der Waals surface area contributed by atoms with E-state index in [1.165, 1.54) is 21.4 Å². The summed E-state index contributed by atoms with van der Waals surface area (Å²) in [5.74, 6) is -3.48. The first kappa shape index (κ1) is 27.9. The zero-order valence-electron chi connectivity index (χ0n) is 25.2. The maximum absolute atomic E-state index is 14.4. The Labute approximate surface area is 246 Å². The van der Waals surface area contributed by atoms with Crippen LogP contribution < -0.4 is 5.32 Å². The van der Waals surface area contributed by atoms with Gasteiger partial charge in [-0.1, -0.05) is 39.8 Å². The molecule has 2 aromatic rings. The van der Waals surface area contributed by atoms with Crippen molar-refractivity contribution in [2.75, 3.05) is 20.1 Å². The lowest BCUT2D eigenvalue weighted by Crippen LogP contribution is -2.71. The Morgan fingerprint density at radius 2 is 2.02 bits per heavy atom. The van der Waals surface area contributed by atoms with Crippen LogP contribution in [-0.4, -0.2) is 92.4 Å². The molecule has 7 rings (SSSR count). The minimum atomic E-state index is -1.99. The second-order valence-corrected chi connectivity index (χ2v) is 14.0. The number of piperazine rings is 1. The average molecular weight is 578 g/mol. The molecule has 10 nitrogen and oxygen atoms in total. The SMILES string of the molecule is CC(C)C[C@H]1C(=O)N2CCC[C@H]2[C@]2(O)O[C@](NC(=O)[C@@H]3CC4c5cccc6[nH]cc(c56)C[C@H]4N(C)C3)(C(C)C)C(=O)N12. The van der Waals surface area contributed by atoms with Crippen molar-refractivity contribution in [2.45, 2.75) is 95.5 Å². The van der Waals surface area contributed by atoms with E-state index in [9.17, 15) is 19.5 Å². The molecule has 0 radical (unpaired) electrons. The lowest BCUT2D eigenvalue weighted by Gasteiger charge is -2.49. The van der Waals surface area contributed by atoms with E-state index in [1.54, 1.807) is 4.90 Å². The number of hydrogen-bond donors (Lipinski definition) is 3. The molecule has 7 atom stereocenters. The van der Waals surface area contributed by atoms with Crippen molar-refractivity contribution in [1.29, 1.82) is 0 Å². The fraction of sp³-hybridized carbons (Fsp3) is 0.656. The van der Waals surface area contributed by atoms with Crippen LogP contribution in [0.3, 0.4) is 0 Å². The van der Waals surface area contributed by atoms with Crippen molar-refractivity contribution in [3.8, 4) is 0 Å². The van der Waals surface area contributed by atoms with Gasteiger partial charge >= 0.3 is 0 Å². The summed E-state index contributed by atoms with van der Waals surface area (Å²) in [6, 6.07) is 5.13. The summed E-state index contributed by atoms with van der Waals surface area (Å²) < 4.78 is 6.45. The summed E-state index contributed by atoms with van der Waals surface area (Å²) in [5, 5.41) is 16.4. The summed E-state index contributed by atoms with van der Waals surface area (Å²) >= 11 is 0. The normalized spacial score (nSPS) is 36.1. The Kier molecular flexibility index (Phi) is 6.32. The van der Waals surface area contributed by atoms with Crippen molar-refractivity contribution in [3.05, 3.63) is 35.5 Å². The molecule has 3 amide bonds. The lowest BCUT2D eigenvalue weighted by atomic mass is 9.72. The summed E-state index contributed by atoms with van der Waals surface area (Å²) in [6.07, 6.45) is 5.36. The monoisotopic (exact) mass is 577 g/mol. The van der Waals surface area contributed by atoms with Crippen LogP contribution >= 0.6 is 0 Å². The maximum Gasteiger partial charge on any atom is 0.281 e. The van der Waals surface area contributed by atoms with Gasteiger partial charge in [-0.2, -0.15) is 0 Å². The van der Waals surface area contributed by atoms with E-state index in [-0.39, 0.29) is 35.6 Å². The van der Waals surface area contributed by atoms with Gasteiger partial charge in [-0.25, -0.2) is 0 Å². The first-order chi connectivity index (χ1) is 20.0. The second kappa shape index (κ2) is 9.53. The number of ether oxygens (including phenoxy) is 1. The molecule has 0 spiro atoms. The molecular formula is C32H43N5O5. The highest BCUT2D eigenvalue weighted by atomic mass is 16.7. The number of fused-ring (bicyclic) bond motifs is 5. The van der Waals surface area contributed by atoms with E-state index >= 15 is 0 Å². The van der Waals surface area contributed by atoms with Gasteiger partial charge in [0.25, 0.3) is 11.8 Å². The number of likely N-dealkylation sites (tertiary alicyclic amines) is 1. The summed E-state index contributed by atoms with van der Waals surface area (Å²) in [6.45, 7) is 8.73.